The van der Waals surface area contributed by atoms with Crippen LogP contribution in [0.2, 0.25) is 0 Å². The molecule has 0 aliphatic carbocycles. The van der Waals surface area contributed by atoms with Crippen molar-refractivity contribution >= 4 is 23.9 Å². The van der Waals surface area contributed by atoms with Crippen LogP contribution in [0.3, 0.4) is 0 Å². The zero-order valence-electron chi connectivity index (χ0n) is 19.1. The molecule has 0 aromatic rings. The van der Waals surface area contributed by atoms with Gasteiger partial charge >= 0.3 is 23.9 Å². The Morgan fingerprint density at radius 1 is 0.645 bits per heavy atom. The molecule has 0 aromatic heterocycles. The van der Waals surface area contributed by atoms with E-state index in [2.05, 4.69) is 6.92 Å². The van der Waals surface area contributed by atoms with Crippen molar-refractivity contribution in [1.82, 2.24) is 9.80 Å². The molecule has 0 spiro atoms. The summed E-state index contributed by atoms with van der Waals surface area (Å²) in [5.41, 5.74) is 5.41. The summed E-state index contributed by atoms with van der Waals surface area (Å²) in [5, 5.41) is 33.4. The number of nitrogens with zero attached hydrogens (tertiary/aromatic N) is 2. The summed E-state index contributed by atoms with van der Waals surface area (Å²) in [5.74, 6) is -3.20. The predicted molar refractivity (Wildman–Crippen MR) is 117 cm³/mol. The molecule has 11 nitrogen and oxygen atoms in total. The number of rotatable bonds is 16. The van der Waals surface area contributed by atoms with Gasteiger partial charge in [0, 0.05) is 39.0 Å². The van der Waals surface area contributed by atoms with Crippen molar-refractivity contribution in [2.75, 3.05) is 45.8 Å². The molecule has 0 bridgehead atoms. The minimum Gasteiger partial charge on any atom is -0.481 e. The fourth-order valence-electron chi connectivity index (χ4n) is 2.23. The van der Waals surface area contributed by atoms with Crippen molar-refractivity contribution in [2.45, 2.75) is 59.3 Å². The number of nitrogens with two attached hydrogens (primary N) is 1. The monoisotopic (exact) mass is 451 g/mol. The maximum atomic E-state index is 10.7. The Kier molecular flexibility index (Phi) is 25.9. The van der Waals surface area contributed by atoms with Gasteiger partial charge in [-0.25, -0.2) is 0 Å². The van der Waals surface area contributed by atoms with E-state index in [1.165, 1.54) is 0 Å². The van der Waals surface area contributed by atoms with Gasteiger partial charge in [-0.05, 0) is 19.4 Å². The van der Waals surface area contributed by atoms with E-state index in [1.807, 2.05) is 6.92 Å². The summed E-state index contributed by atoms with van der Waals surface area (Å²) in [6, 6.07) is 0. The van der Waals surface area contributed by atoms with Gasteiger partial charge in [0.15, 0.2) is 0 Å². The summed E-state index contributed by atoms with van der Waals surface area (Å²) >= 11 is 0. The average molecular weight is 452 g/mol. The number of hydrogen-bond acceptors (Lipinski definition) is 7. The molecule has 0 unspecified atom stereocenters. The molecule has 6 N–H and O–H groups in total. The highest BCUT2D eigenvalue weighted by Crippen LogP contribution is 1.97. The Morgan fingerprint density at radius 2 is 1.10 bits per heavy atom. The van der Waals surface area contributed by atoms with E-state index in [0.29, 0.717) is 39.1 Å². The first-order valence-corrected chi connectivity index (χ1v) is 10.6. The molecule has 0 aromatic carbocycles. The number of unbranched alkanes of at least 4 members (excludes halogenated alkanes) is 2. The average Bonchev–Trinajstić information content (AvgIpc) is 2.66. The molecule has 0 aliphatic rings. The lowest BCUT2D eigenvalue weighted by atomic mass is 10.2. The molecular formula is C20H41N3O8. The molecule has 0 rings (SSSR count). The fourth-order valence-corrected chi connectivity index (χ4v) is 2.23. The van der Waals surface area contributed by atoms with Crippen LogP contribution in [-0.2, 0) is 19.2 Å². The first kappa shape index (κ1) is 33.4. The Labute approximate surface area is 184 Å². The summed E-state index contributed by atoms with van der Waals surface area (Å²) in [4.78, 5) is 44.1. The third kappa shape index (κ3) is 32.6. The molecule has 0 fully saturated rings. The van der Waals surface area contributed by atoms with Crippen LogP contribution in [0.25, 0.3) is 0 Å². The second-order valence-corrected chi connectivity index (χ2v) is 6.73. The molecule has 11 heteroatoms. The SMILES string of the molecule is CCC(=O)O.CCCCCC(=O)O.CCCN(CCN(CCN)CC(=O)O)CC(=O)O. The minimum atomic E-state index is -0.899. The molecule has 184 valence electrons. The van der Waals surface area contributed by atoms with E-state index >= 15 is 0 Å². The van der Waals surface area contributed by atoms with Gasteiger partial charge in [0.25, 0.3) is 0 Å². The first-order chi connectivity index (χ1) is 14.5. The zero-order chi connectivity index (χ0) is 24.7. The summed E-state index contributed by atoms with van der Waals surface area (Å²) in [6.45, 7) is 8.18. The van der Waals surface area contributed by atoms with Crippen LogP contribution < -0.4 is 5.73 Å². The van der Waals surface area contributed by atoms with Crippen LogP contribution in [0.4, 0.5) is 0 Å². The number of aliphatic carboxylic acids is 4. The van der Waals surface area contributed by atoms with Crippen molar-refractivity contribution in [3.05, 3.63) is 0 Å². The Morgan fingerprint density at radius 3 is 1.39 bits per heavy atom. The second kappa shape index (κ2) is 24.0. The molecular weight excluding hydrogens is 410 g/mol. The summed E-state index contributed by atoms with van der Waals surface area (Å²) < 4.78 is 0. The van der Waals surface area contributed by atoms with E-state index in [0.717, 1.165) is 25.7 Å². The maximum absolute atomic E-state index is 10.7. The van der Waals surface area contributed by atoms with E-state index in [1.54, 1.807) is 16.7 Å². The van der Waals surface area contributed by atoms with Gasteiger partial charge in [-0.15, -0.1) is 0 Å². The number of carbonyl (C=O) groups is 4. The van der Waals surface area contributed by atoms with Gasteiger partial charge in [-0.1, -0.05) is 33.6 Å². The van der Waals surface area contributed by atoms with Gasteiger partial charge in [-0.3, -0.25) is 29.0 Å². The van der Waals surface area contributed by atoms with Gasteiger partial charge in [0.2, 0.25) is 0 Å². The number of carboxylic acids is 4. The topological polar surface area (TPSA) is 182 Å². The fraction of sp³-hybridized carbons (Fsp3) is 0.800. The van der Waals surface area contributed by atoms with Crippen molar-refractivity contribution in [3.8, 4) is 0 Å². The van der Waals surface area contributed by atoms with E-state index < -0.39 is 23.9 Å². The maximum Gasteiger partial charge on any atom is 0.317 e. The highest BCUT2D eigenvalue weighted by Gasteiger charge is 2.13. The molecule has 0 saturated heterocycles. The lowest BCUT2D eigenvalue weighted by Gasteiger charge is -2.25. The van der Waals surface area contributed by atoms with Crippen LogP contribution in [0.1, 0.15) is 59.3 Å². The van der Waals surface area contributed by atoms with Crippen LogP contribution >= 0.6 is 0 Å². The zero-order valence-corrected chi connectivity index (χ0v) is 19.1. The van der Waals surface area contributed by atoms with Crippen molar-refractivity contribution in [2.24, 2.45) is 5.73 Å². The second-order valence-electron chi connectivity index (χ2n) is 6.73. The van der Waals surface area contributed by atoms with Crippen LogP contribution in [0, 0.1) is 0 Å². The lowest BCUT2D eigenvalue weighted by Crippen LogP contribution is -2.41. The van der Waals surface area contributed by atoms with Gasteiger partial charge in [0.05, 0.1) is 13.1 Å². The van der Waals surface area contributed by atoms with E-state index in [4.69, 9.17) is 26.2 Å². The Balaban J connectivity index is -0.000000494. The number of hydrogen-bond donors (Lipinski definition) is 5. The third-order valence-electron chi connectivity index (χ3n) is 3.73. The largest absolute Gasteiger partial charge is 0.481 e. The van der Waals surface area contributed by atoms with Crippen LogP contribution in [0.5, 0.6) is 0 Å². The van der Waals surface area contributed by atoms with Gasteiger partial charge in [-0.2, -0.15) is 0 Å². The van der Waals surface area contributed by atoms with Crippen LogP contribution in [0.15, 0.2) is 0 Å². The Bertz CT molecular complexity index is 463. The molecule has 31 heavy (non-hydrogen) atoms. The third-order valence-corrected chi connectivity index (χ3v) is 3.73. The minimum absolute atomic E-state index is 0.0165. The first-order valence-electron chi connectivity index (χ1n) is 10.6. The molecule has 0 aliphatic heterocycles. The van der Waals surface area contributed by atoms with Crippen molar-refractivity contribution in [1.29, 1.82) is 0 Å². The molecule has 0 amide bonds. The van der Waals surface area contributed by atoms with E-state index in [-0.39, 0.29) is 19.5 Å². The normalized spacial score (nSPS) is 10.0. The van der Waals surface area contributed by atoms with Gasteiger partial charge < -0.3 is 26.2 Å². The number of carboxylic acid groups (broad SMARTS) is 4. The standard InChI is InChI=1S/C11H23N3O4.C6H12O2.C3H6O2/c1-2-4-13(8-10(15)16)6-7-14(5-3-12)9-11(17)18;1-2-3-4-5-6(7)8;1-2-3(4)5/h2-9,12H2,1H3,(H,15,16)(H,17,18);2-5H2,1H3,(H,7,8);2H2,1H3,(H,4,5). The quantitative estimate of drug-likeness (QED) is 0.213. The lowest BCUT2D eigenvalue weighted by molar-refractivity contribution is -0.140. The Hall–Kier alpha value is -2.24. The predicted octanol–water partition coefficient (Wildman–Crippen LogP) is 1.26. The highest BCUT2D eigenvalue weighted by atomic mass is 16.4. The summed E-state index contributed by atoms with van der Waals surface area (Å²) in [7, 11) is 0. The summed E-state index contributed by atoms with van der Waals surface area (Å²) in [6.07, 6.45) is 4.36. The van der Waals surface area contributed by atoms with Crippen LogP contribution in [-0.4, -0.2) is 99.9 Å². The molecule has 0 radical (unpaired) electrons. The molecule has 0 atom stereocenters. The molecule has 0 saturated carbocycles. The highest BCUT2D eigenvalue weighted by molar-refractivity contribution is 5.69. The van der Waals surface area contributed by atoms with E-state index in [9.17, 15) is 19.2 Å². The van der Waals surface area contributed by atoms with Gasteiger partial charge in [0.1, 0.15) is 0 Å². The smallest absolute Gasteiger partial charge is 0.317 e. The molecule has 0 heterocycles. The van der Waals surface area contributed by atoms with Crippen molar-refractivity contribution in [3.63, 3.8) is 0 Å². The van der Waals surface area contributed by atoms with Crippen molar-refractivity contribution < 1.29 is 39.6 Å².